The number of nitrogens with one attached hydrogen (secondary N) is 1. The standard InChI is InChI=1S/C10H11N3O3S/c1-16-9(15)6-7-5-8(14)13-10(12-7)17-4-2-3-11/h5H,2,4,6H2,1H3,(H,12,13,14). The molecule has 17 heavy (non-hydrogen) atoms. The Hall–Kier alpha value is -1.81. The Morgan fingerprint density at radius 1 is 1.71 bits per heavy atom. The van der Waals surface area contributed by atoms with Crippen LogP contribution in [0.25, 0.3) is 0 Å². The van der Waals surface area contributed by atoms with E-state index in [1.165, 1.54) is 24.9 Å². The topological polar surface area (TPSA) is 95.8 Å². The zero-order valence-electron chi connectivity index (χ0n) is 9.23. The van der Waals surface area contributed by atoms with Crippen LogP contribution >= 0.6 is 11.8 Å². The SMILES string of the molecule is COC(=O)Cc1cc(=O)[nH]c(SCCC#N)n1. The summed E-state index contributed by atoms with van der Waals surface area (Å²) in [5, 5.41) is 8.80. The molecule has 0 radical (unpaired) electrons. The van der Waals surface area contributed by atoms with Gasteiger partial charge in [0.15, 0.2) is 5.16 Å². The van der Waals surface area contributed by atoms with E-state index in [1.807, 2.05) is 6.07 Å². The second kappa shape index (κ2) is 6.70. The molecule has 0 saturated heterocycles. The maximum atomic E-state index is 11.3. The molecule has 0 aliphatic carbocycles. The first kappa shape index (κ1) is 13.3. The Kier molecular flexibility index (Phi) is 5.23. The number of carbonyl (C=O) groups is 1. The summed E-state index contributed by atoms with van der Waals surface area (Å²) in [6, 6.07) is 3.25. The van der Waals surface area contributed by atoms with Crippen molar-refractivity contribution in [3.63, 3.8) is 0 Å². The molecule has 1 N–H and O–H groups in total. The Morgan fingerprint density at radius 3 is 3.12 bits per heavy atom. The number of H-pyrrole nitrogens is 1. The van der Waals surface area contributed by atoms with Gasteiger partial charge in [0.1, 0.15) is 0 Å². The number of methoxy groups -OCH3 is 1. The molecular weight excluding hydrogens is 242 g/mol. The van der Waals surface area contributed by atoms with Crippen LogP contribution in [0.2, 0.25) is 0 Å². The maximum absolute atomic E-state index is 11.3. The zero-order chi connectivity index (χ0) is 12.7. The largest absolute Gasteiger partial charge is 0.469 e. The predicted molar refractivity (Wildman–Crippen MR) is 61.5 cm³/mol. The number of thioether (sulfide) groups is 1. The minimum Gasteiger partial charge on any atom is -0.469 e. The molecule has 1 aromatic rings. The fourth-order valence-corrected chi connectivity index (χ4v) is 1.80. The van der Waals surface area contributed by atoms with Gasteiger partial charge in [0, 0.05) is 18.2 Å². The molecule has 0 aliphatic rings. The molecule has 0 aliphatic heterocycles. The molecule has 0 fully saturated rings. The summed E-state index contributed by atoms with van der Waals surface area (Å²) in [6.45, 7) is 0. The number of rotatable bonds is 5. The first-order valence-electron chi connectivity index (χ1n) is 4.82. The van der Waals surface area contributed by atoms with Crippen molar-refractivity contribution < 1.29 is 9.53 Å². The molecule has 1 aromatic heterocycles. The van der Waals surface area contributed by atoms with Gasteiger partial charge in [0.05, 0.1) is 25.3 Å². The molecule has 0 atom stereocenters. The molecule has 0 aromatic carbocycles. The molecular formula is C10H11N3O3S. The van der Waals surface area contributed by atoms with Crippen LogP contribution in [0.3, 0.4) is 0 Å². The van der Waals surface area contributed by atoms with Crippen molar-refractivity contribution in [1.82, 2.24) is 9.97 Å². The van der Waals surface area contributed by atoms with Crippen LogP contribution in [0.5, 0.6) is 0 Å². The third-order valence-electron chi connectivity index (χ3n) is 1.78. The van der Waals surface area contributed by atoms with Crippen molar-refractivity contribution in [2.75, 3.05) is 12.9 Å². The lowest BCUT2D eigenvalue weighted by Gasteiger charge is -2.02. The average Bonchev–Trinajstić information content (AvgIpc) is 2.28. The number of hydrogen-bond donors (Lipinski definition) is 1. The number of aromatic nitrogens is 2. The van der Waals surface area contributed by atoms with Crippen molar-refractivity contribution in [2.45, 2.75) is 18.0 Å². The monoisotopic (exact) mass is 253 g/mol. The Balaban J connectivity index is 2.76. The number of carbonyl (C=O) groups excluding carboxylic acids is 1. The van der Waals surface area contributed by atoms with Gasteiger partial charge < -0.3 is 9.72 Å². The van der Waals surface area contributed by atoms with Gasteiger partial charge in [-0.3, -0.25) is 9.59 Å². The fraction of sp³-hybridized carbons (Fsp3) is 0.400. The lowest BCUT2D eigenvalue weighted by Crippen LogP contribution is -2.13. The normalized spacial score (nSPS) is 9.65. The van der Waals surface area contributed by atoms with E-state index in [9.17, 15) is 9.59 Å². The van der Waals surface area contributed by atoms with E-state index in [0.717, 1.165) is 0 Å². The molecule has 0 saturated carbocycles. The van der Waals surface area contributed by atoms with Gasteiger partial charge in [-0.25, -0.2) is 4.98 Å². The lowest BCUT2D eigenvalue weighted by atomic mass is 10.3. The van der Waals surface area contributed by atoms with E-state index in [1.54, 1.807) is 0 Å². The highest BCUT2D eigenvalue weighted by Gasteiger charge is 2.07. The second-order valence-corrected chi connectivity index (χ2v) is 4.13. The van der Waals surface area contributed by atoms with Crippen LogP contribution < -0.4 is 5.56 Å². The average molecular weight is 253 g/mol. The maximum Gasteiger partial charge on any atom is 0.311 e. The van der Waals surface area contributed by atoms with Crippen LogP contribution in [0.1, 0.15) is 12.1 Å². The summed E-state index contributed by atoms with van der Waals surface area (Å²) in [6.07, 6.45) is 0.335. The van der Waals surface area contributed by atoms with Gasteiger partial charge in [-0.2, -0.15) is 5.26 Å². The fourth-order valence-electron chi connectivity index (χ4n) is 1.06. The smallest absolute Gasteiger partial charge is 0.311 e. The van der Waals surface area contributed by atoms with Gasteiger partial charge in [-0.1, -0.05) is 11.8 Å². The summed E-state index contributed by atoms with van der Waals surface area (Å²) in [5.74, 6) is 0.0947. The first-order valence-corrected chi connectivity index (χ1v) is 5.81. The van der Waals surface area contributed by atoms with Crippen LogP contribution in [0.4, 0.5) is 0 Å². The van der Waals surface area contributed by atoms with Crippen LogP contribution in [-0.4, -0.2) is 28.8 Å². The van der Waals surface area contributed by atoms with Crippen LogP contribution in [-0.2, 0) is 16.0 Å². The van der Waals surface area contributed by atoms with Crippen LogP contribution in [0.15, 0.2) is 16.0 Å². The molecule has 6 nitrogen and oxygen atoms in total. The number of nitrogens with zero attached hydrogens (tertiary/aromatic N) is 2. The highest BCUT2D eigenvalue weighted by Crippen LogP contribution is 2.12. The van der Waals surface area contributed by atoms with E-state index < -0.39 is 5.97 Å². The minimum atomic E-state index is -0.448. The Morgan fingerprint density at radius 2 is 2.47 bits per heavy atom. The van der Waals surface area contributed by atoms with Gasteiger partial charge in [0.25, 0.3) is 5.56 Å². The summed E-state index contributed by atoms with van der Waals surface area (Å²) in [4.78, 5) is 29.0. The number of hydrogen-bond acceptors (Lipinski definition) is 6. The van der Waals surface area contributed by atoms with E-state index in [2.05, 4.69) is 14.7 Å². The molecule has 1 rings (SSSR count). The van der Waals surface area contributed by atoms with Gasteiger partial charge in [-0.05, 0) is 0 Å². The van der Waals surface area contributed by atoms with E-state index in [0.29, 0.717) is 23.0 Å². The highest BCUT2D eigenvalue weighted by atomic mass is 32.2. The van der Waals surface area contributed by atoms with Crippen molar-refractivity contribution in [2.24, 2.45) is 0 Å². The Bertz CT molecular complexity index is 492. The molecule has 1 heterocycles. The third-order valence-corrected chi connectivity index (χ3v) is 2.65. The second-order valence-electron chi connectivity index (χ2n) is 3.05. The predicted octanol–water partition coefficient (Wildman–Crippen LogP) is 0.491. The van der Waals surface area contributed by atoms with E-state index in [-0.39, 0.29) is 12.0 Å². The Labute approximate surface area is 102 Å². The molecule has 90 valence electrons. The lowest BCUT2D eigenvalue weighted by molar-refractivity contribution is -0.139. The number of nitriles is 1. The van der Waals surface area contributed by atoms with Gasteiger partial charge >= 0.3 is 5.97 Å². The molecule has 0 unspecified atom stereocenters. The molecule has 7 heteroatoms. The third kappa shape index (κ3) is 4.70. The number of ether oxygens (including phenoxy) is 1. The van der Waals surface area contributed by atoms with Gasteiger partial charge in [0.2, 0.25) is 0 Å². The quantitative estimate of drug-likeness (QED) is 0.355. The summed E-state index contributed by atoms with van der Waals surface area (Å²) >= 11 is 1.27. The van der Waals surface area contributed by atoms with E-state index in [4.69, 9.17) is 5.26 Å². The molecule has 0 spiro atoms. The first-order chi connectivity index (χ1) is 8.15. The van der Waals surface area contributed by atoms with Crippen molar-refractivity contribution in [3.8, 4) is 6.07 Å². The van der Waals surface area contributed by atoms with Gasteiger partial charge in [-0.15, -0.1) is 0 Å². The van der Waals surface area contributed by atoms with Crippen LogP contribution in [0, 0.1) is 11.3 Å². The summed E-state index contributed by atoms with van der Waals surface area (Å²) < 4.78 is 4.49. The zero-order valence-corrected chi connectivity index (χ0v) is 10.0. The molecule has 0 amide bonds. The number of aromatic amines is 1. The van der Waals surface area contributed by atoms with Crippen molar-refractivity contribution in [1.29, 1.82) is 5.26 Å². The van der Waals surface area contributed by atoms with Crippen molar-refractivity contribution >= 4 is 17.7 Å². The minimum absolute atomic E-state index is 0.0355. The summed E-state index contributed by atoms with van der Waals surface area (Å²) in [7, 11) is 1.28. The molecule has 0 bridgehead atoms. The van der Waals surface area contributed by atoms with E-state index >= 15 is 0 Å². The number of esters is 1. The van der Waals surface area contributed by atoms with Crippen molar-refractivity contribution in [3.05, 3.63) is 22.1 Å². The summed E-state index contributed by atoms with van der Waals surface area (Å²) in [5.41, 5.74) is 0.0402. The highest BCUT2D eigenvalue weighted by molar-refractivity contribution is 7.99.